The van der Waals surface area contributed by atoms with E-state index in [0.717, 1.165) is 17.5 Å². The first-order chi connectivity index (χ1) is 10.1. The second-order valence-electron chi connectivity index (χ2n) is 4.68. The number of carbonyl (C=O) groups is 2. The monoisotopic (exact) mass is 348 g/mol. The van der Waals surface area contributed by atoms with Gasteiger partial charge in [-0.25, -0.2) is 13.2 Å². The third-order valence-electron chi connectivity index (χ3n) is 2.89. The van der Waals surface area contributed by atoms with Crippen LogP contribution in [0.15, 0.2) is 23.1 Å². The van der Waals surface area contributed by atoms with E-state index in [-0.39, 0.29) is 22.0 Å². The maximum atomic E-state index is 12.6. The van der Waals surface area contributed by atoms with Crippen molar-refractivity contribution in [3.8, 4) is 0 Å². The molecule has 0 aromatic heterocycles. The molecule has 1 rings (SSSR count). The standard InChI is InChI=1S/C13H17ClN2O5S/c1-15(2)12(17)8-16(3)22(19,20)11-7-9(14)5-6-10(11)13(18)21-4/h5-7H,8H2,1-4H3. The number of sulfonamides is 1. The number of rotatable bonds is 5. The highest BCUT2D eigenvalue weighted by Gasteiger charge is 2.29. The Labute approximate surface area is 134 Å². The van der Waals surface area contributed by atoms with Crippen molar-refractivity contribution in [1.29, 1.82) is 0 Å². The molecule has 0 atom stereocenters. The summed E-state index contributed by atoms with van der Waals surface area (Å²) < 4.78 is 30.6. The summed E-state index contributed by atoms with van der Waals surface area (Å²) in [6.07, 6.45) is 0. The third kappa shape index (κ3) is 3.96. The number of methoxy groups -OCH3 is 1. The third-order valence-corrected chi connectivity index (χ3v) is 4.97. The van der Waals surface area contributed by atoms with Crippen LogP contribution < -0.4 is 0 Å². The highest BCUT2D eigenvalue weighted by molar-refractivity contribution is 7.89. The zero-order valence-corrected chi connectivity index (χ0v) is 14.2. The van der Waals surface area contributed by atoms with E-state index in [1.807, 2.05) is 0 Å². The van der Waals surface area contributed by atoms with Gasteiger partial charge in [0.1, 0.15) is 0 Å². The van der Waals surface area contributed by atoms with Crippen LogP contribution in [0.2, 0.25) is 5.02 Å². The number of amides is 1. The molecular weight excluding hydrogens is 332 g/mol. The van der Waals surface area contributed by atoms with Crippen molar-refractivity contribution in [1.82, 2.24) is 9.21 Å². The van der Waals surface area contributed by atoms with Gasteiger partial charge in [-0.3, -0.25) is 4.79 Å². The highest BCUT2D eigenvalue weighted by atomic mass is 35.5. The Balaban J connectivity index is 3.30. The zero-order chi connectivity index (χ0) is 17.1. The van der Waals surface area contributed by atoms with Gasteiger partial charge in [0, 0.05) is 26.2 Å². The molecule has 122 valence electrons. The average Bonchev–Trinajstić information content (AvgIpc) is 2.45. The van der Waals surface area contributed by atoms with Crippen molar-refractivity contribution >= 4 is 33.5 Å². The first-order valence-electron chi connectivity index (χ1n) is 6.15. The van der Waals surface area contributed by atoms with Crippen molar-refractivity contribution in [2.45, 2.75) is 4.90 Å². The number of hydrogen-bond acceptors (Lipinski definition) is 5. The summed E-state index contributed by atoms with van der Waals surface area (Å²) in [7, 11) is 1.35. The van der Waals surface area contributed by atoms with Gasteiger partial charge in [0.15, 0.2) is 0 Å². The number of benzene rings is 1. The van der Waals surface area contributed by atoms with E-state index in [2.05, 4.69) is 4.74 Å². The molecule has 0 aliphatic rings. The number of hydrogen-bond donors (Lipinski definition) is 0. The van der Waals surface area contributed by atoms with Crippen molar-refractivity contribution < 1.29 is 22.7 Å². The van der Waals surface area contributed by atoms with E-state index in [0.29, 0.717) is 0 Å². The maximum absolute atomic E-state index is 12.6. The second-order valence-corrected chi connectivity index (χ2v) is 7.13. The van der Waals surface area contributed by atoms with Gasteiger partial charge in [0.2, 0.25) is 15.9 Å². The smallest absolute Gasteiger partial charge is 0.339 e. The molecule has 9 heteroatoms. The Morgan fingerprint density at radius 1 is 1.23 bits per heavy atom. The van der Waals surface area contributed by atoms with E-state index in [1.165, 1.54) is 38.2 Å². The van der Waals surface area contributed by atoms with E-state index in [9.17, 15) is 18.0 Å². The molecule has 0 heterocycles. The molecule has 0 saturated carbocycles. The predicted molar refractivity (Wildman–Crippen MR) is 81.3 cm³/mol. The molecule has 0 saturated heterocycles. The fourth-order valence-electron chi connectivity index (χ4n) is 1.57. The number of nitrogens with zero attached hydrogens (tertiary/aromatic N) is 2. The minimum atomic E-state index is -4.08. The minimum absolute atomic E-state index is 0.143. The Morgan fingerprint density at radius 2 is 1.82 bits per heavy atom. The Bertz CT molecular complexity index is 688. The van der Waals surface area contributed by atoms with Gasteiger partial charge in [0.25, 0.3) is 0 Å². The lowest BCUT2D eigenvalue weighted by Crippen LogP contribution is -2.38. The molecule has 1 aromatic carbocycles. The van der Waals surface area contributed by atoms with E-state index >= 15 is 0 Å². The summed E-state index contributed by atoms with van der Waals surface area (Å²) in [5, 5.41) is 0.151. The van der Waals surface area contributed by atoms with Crippen LogP contribution in [-0.2, 0) is 19.6 Å². The fraction of sp³-hybridized carbons (Fsp3) is 0.385. The molecule has 0 radical (unpaired) electrons. The maximum Gasteiger partial charge on any atom is 0.339 e. The number of likely N-dealkylation sites (N-methyl/N-ethyl adjacent to an activating group) is 2. The molecule has 0 unspecified atom stereocenters. The first kappa shape index (κ1) is 18.4. The van der Waals surface area contributed by atoms with Crippen molar-refractivity contribution in [3.05, 3.63) is 28.8 Å². The van der Waals surface area contributed by atoms with Gasteiger partial charge >= 0.3 is 5.97 Å². The van der Waals surface area contributed by atoms with Crippen molar-refractivity contribution in [2.75, 3.05) is 34.8 Å². The average molecular weight is 349 g/mol. The van der Waals surface area contributed by atoms with Crippen LogP contribution in [0.4, 0.5) is 0 Å². The summed E-state index contributed by atoms with van der Waals surface area (Å²) in [6.45, 7) is -0.359. The molecule has 0 N–H and O–H groups in total. The summed E-state index contributed by atoms with van der Waals surface area (Å²) in [4.78, 5) is 24.4. The van der Waals surface area contributed by atoms with Gasteiger partial charge < -0.3 is 9.64 Å². The summed E-state index contributed by atoms with van der Waals surface area (Å²) in [6, 6.07) is 3.81. The quantitative estimate of drug-likeness (QED) is 0.736. The van der Waals surface area contributed by atoms with Crippen LogP contribution in [-0.4, -0.2) is 64.3 Å². The molecule has 0 bridgehead atoms. The largest absolute Gasteiger partial charge is 0.465 e. The Morgan fingerprint density at radius 3 is 2.32 bits per heavy atom. The Kier molecular flexibility index (Phi) is 5.92. The molecule has 0 fully saturated rings. The topological polar surface area (TPSA) is 84.0 Å². The first-order valence-corrected chi connectivity index (χ1v) is 7.97. The normalized spacial score (nSPS) is 11.4. The lowest BCUT2D eigenvalue weighted by atomic mass is 10.2. The van der Waals surface area contributed by atoms with E-state index < -0.39 is 21.9 Å². The van der Waals surface area contributed by atoms with Crippen LogP contribution >= 0.6 is 11.6 Å². The molecule has 1 aromatic rings. The minimum Gasteiger partial charge on any atom is -0.465 e. The zero-order valence-electron chi connectivity index (χ0n) is 12.7. The Hall–Kier alpha value is -1.64. The number of ether oxygens (including phenoxy) is 1. The predicted octanol–water partition coefficient (Wildman–Crippen LogP) is 0.835. The number of esters is 1. The van der Waals surface area contributed by atoms with Gasteiger partial charge in [-0.2, -0.15) is 4.31 Å². The fourth-order valence-corrected chi connectivity index (χ4v) is 3.13. The van der Waals surface area contributed by atoms with Crippen LogP contribution in [0.1, 0.15) is 10.4 Å². The van der Waals surface area contributed by atoms with Crippen LogP contribution in [0, 0.1) is 0 Å². The van der Waals surface area contributed by atoms with Gasteiger partial charge in [-0.1, -0.05) is 11.6 Å². The molecule has 0 aliphatic carbocycles. The summed E-state index contributed by atoms with van der Waals surface area (Å²) in [5.41, 5.74) is -0.143. The van der Waals surface area contributed by atoms with Crippen molar-refractivity contribution in [3.63, 3.8) is 0 Å². The van der Waals surface area contributed by atoms with Crippen molar-refractivity contribution in [2.24, 2.45) is 0 Å². The molecular formula is C13H17ClN2O5S. The number of carbonyl (C=O) groups excluding carboxylic acids is 2. The lowest BCUT2D eigenvalue weighted by Gasteiger charge is -2.20. The number of halogens is 1. The molecule has 1 amide bonds. The lowest BCUT2D eigenvalue weighted by molar-refractivity contribution is -0.128. The molecule has 7 nitrogen and oxygen atoms in total. The summed E-state index contributed by atoms with van der Waals surface area (Å²) >= 11 is 5.82. The SMILES string of the molecule is COC(=O)c1ccc(Cl)cc1S(=O)(=O)N(C)CC(=O)N(C)C. The van der Waals surface area contributed by atoms with E-state index in [4.69, 9.17) is 11.6 Å². The van der Waals surface area contributed by atoms with Gasteiger partial charge in [0.05, 0.1) is 24.1 Å². The van der Waals surface area contributed by atoms with Crippen LogP contribution in [0.25, 0.3) is 0 Å². The highest BCUT2D eigenvalue weighted by Crippen LogP contribution is 2.24. The molecule has 0 aliphatic heterocycles. The molecule has 22 heavy (non-hydrogen) atoms. The second kappa shape index (κ2) is 7.08. The van der Waals surface area contributed by atoms with Crippen LogP contribution in [0.3, 0.4) is 0 Å². The summed E-state index contributed by atoms with van der Waals surface area (Å²) in [5.74, 6) is -1.20. The molecule has 0 spiro atoms. The van der Waals surface area contributed by atoms with Gasteiger partial charge in [-0.05, 0) is 18.2 Å². The van der Waals surface area contributed by atoms with E-state index in [1.54, 1.807) is 0 Å². The van der Waals surface area contributed by atoms with Gasteiger partial charge in [-0.15, -0.1) is 0 Å². The van der Waals surface area contributed by atoms with Crippen LogP contribution in [0.5, 0.6) is 0 Å².